The van der Waals surface area contributed by atoms with Crippen molar-refractivity contribution in [3.63, 3.8) is 0 Å². The van der Waals surface area contributed by atoms with Gasteiger partial charge in [0.1, 0.15) is 17.6 Å². The Morgan fingerprint density at radius 1 is 1.35 bits per heavy atom. The van der Waals surface area contributed by atoms with E-state index in [1.165, 1.54) is 34.2 Å². The summed E-state index contributed by atoms with van der Waals surface area (Å²) in [6, 6.07) is 5.81. The third kappa shape index (κ3) is 4.17. The molecular formula is C18H15ClFN3O2S. The molecule has 2 aromatic heterocycles. The van der Waals surface area contributed by atoms with Gasteiger partial charge in [-0.1, -0.05) is 11.6 Å². The van der Waals surface area contributed by atoms with E-state index in [1.807, 2.05) is 12.3 Å². The Morgan fingerprint density at radius 3 is 2.73 bits per heavy atom. The lowest BCUT2D eigenvalue weighted by atomic mass is 10.2. The summed E-state index contributed by atoms with van der Waals surface area (Å²) in [6.45, 7) is 3.78. The first kappa shape index (κ1) is 18.3. The molecule has 2 heterocycles. The molecule has 8 heteroatoms. The standard InChI is InChI=1S/C18H15ClFN3O2S/c1-11-16(7-8-17(24)25-9-14-10-26-12(2)21-14)18(19)23(22-11)15-5-3-13(20)4-6-15/h3-8,10H,9H2,1-2H3/b8-7+. The van der Waals surface area contributed by atoms with Crippen LogP contribution in [0.1, 0.15) is 22.0 Å². The number of hydrogen-bond acceptors (Lipinski definition) is 5. The van der Waals surface area contributed by atoms with Gasteiger partial charge in [0, 0.05) is 17.0 Å². The molecule has 3 aromatic rings. The Morgan fingerprint density at radius 2 is 2.08 bits per heavy atom. The predicted molar refractivity (Wildman–Crippen MR) is 99.0 cm³/mol. The van der Waals surface area contributed by atoms with E-state index in [-0.39, 0.29) is 12.4 Å². The Hall–Kier alpha value is -2.51. The molecule has 1 aromatic carbocycles. The first-order valence-corrected chi connectivity index (χ1v) is 8.96. The van der Waals surface area contributed by atoms with Gasteiger partial charge < -0.3 is 4.74 Å². The molecule has 0 aliphatic rings. The SMILES string of the molecule is Cc1nc(COC(=O)/C=C/c2c(C)nn(-c3ccc(F)cc3)c2Cl)cs1. The quantitative estimate of drug-likeness (QED) is 0.475. The molecule has 0 saturated heterocycles. The highest BCUT2D eigenvalue weighted by atomic mass is 35.5. The van der Waals surface area contributed by atoms with Crippen LogP contribution in [0.5, 0.6) is 0 Å². The van der Waals surface area contributed by atoms with Gasteiger partial charge in [0.2, 0.25) is 0 Å². The Labute approximate surface area is 158 Å². The Balaban J connectivity index is 1.72. The zero-order valence-electron chi connectivity index (χ0n) is 14.1. The average Bonchev–Trinajstić information content (AvgIpc) is 3.15. The van der Waals surface area contributed by atoms with Gasteiger partial charge in [-0.25, -0.2) is 18.9 Å². The van der Waals surface area contributed by atoms with Crippen molar-refractivity contribution >= 4 is 35.0 Å². The smallest absolute Gasteiger partial charge is 0.331 e. The summed E-state index contributed by atoms with van der Waals surface area (Å²) in [6.07, 6.45) is 2.85. The van der Waals surface area contributed by atoms with E-state index in [2.05, 4.69) is 10.1 Å². The zero-order chi connectivity index (χ0) is 18.7. The van der Waals surface area contributed by atoms with E-state index in [0.717, 1.165) is 5.01 Å². The average molecular weight is 392 g/mol. The zero-order valence-corrected chi connectivity index (χ0v) is 15.6. The monoisotopic (exact) mass is 391 g/mol. The van der Waals surface area contributed by atoms with Crippen LogP contribution in [-0.2, 0) is 16.1 Å². The first-order chi connectivity index (χ1) is 12.4. The molecular weight excluding hydrogens is 377 g/mol. The Bertz CT molecular complexity index is 963. The maximum absolute atomic E-state index is 13.1. The highest BCUT2D eigenvalue weighted by Crippen LogP contribution is 2.25. The number of nitrogens with zero attached hydrogens (tertiary/aromatic N) is 3. The molecule has 0 aliphatic carbocycles. The summed E-state index contributed by atoms with van der Waals surface area (Å²) in [5, 5.41) is 7.43. The molecule has 0 unspecified atom stereocenters. The molecule has 0 amide bonds. The van der Waals surface area contributed by atoms with Crippen molar-refractivity contribution in [2.24, 2.45) is 0 Å². The number of thiazole rings is 1. The highest BCUT2D eigenvalue weighted by molar-refractivity contribution is 7.09. The minimum atomic E-state index is -0.499. The maximum Gasteiger partial charge on any atom is 0.331 e. The largest absolute Gasteiger partial charge is 0.456 e. The van der Waals surface area contributed by atoms with Crippen molar-refractivity contribution in [2.45, 2.75) is 20.5 Å². The lowest BCUT2D eigenvalue weighted by Crippen LogP contribution is -2.01. The lowest BCUT2D eigenvalue weighted by Gasteiger charge is -2.02. The molecule has 0 bridgehead atoms. The number of halogens is 2. The minimum absolute atomic E-state index is 0.120. The second kappa shape index (κ2) is 7.80. The highest BCUT2D eigenvalue weighted by Gasteiger charge is 2.13. The van der Waals surface area contributed by atoms with E-state index in [4.69, 9.17) is 16.3 Å². The number of carbonyl (C=O) groups is 1. The summed E-state index contributed by atoms with van der Waals surface area (Å²) in [4.78, 5) is 16.1. The van der Waals surface area contributed by atoms with Crippen LogP contribution >= 0.6 is 22.9 Å². The topological polar surface area (TPSA) is 57.0 Å². The normalized spacial score (nSPS) is 11.2. The van der Waals surface area contributed by atoms with Gasteiger partial charge in [-0.3, -0.25) is 0 Å². The summed E-state index contributed by atoms with van der Waals surface area (Å²) < 4.78 is 19.7. The number of aryl methyl sites for hydroxylation is 2. The fourth-order valence-corrected chi connectivity index (χ4v) is 3.21. The molecule has 0 atom stereocenters. The number of aromatic nitrogens is 3. The molecule has 26 heavy (non-hydrogen) atoms. The number of rotatable bonds is 5. The van der Waals surface area contributed by atoms with Crippen LogP contribution in [0.2, 0.25) is 5.15 Å². The maximum atomic E-state index is 13.1. The third-order valence-corrected chi connectivity index (χ3v) is 4.72. The van der Waals surface area contributed by atoms with Gasteiger partial charge in [0.05, 0.1) is 22.1 Å². The number of esters is 1. The van der Waals surface area contributed by atoms with Gasteiger partial charge in [-0.15, -0.1) is 11.3 Å². The van der Waals surface area contributed by atoms with Crippen LogP contribution in [-0.4, -0.2) is 20.7 Å². The molecule has 134 valence electrons. The fraction of sp³-hybridized carbons (Fsp3) is 0.167. The van der Waals surface area contributed by atoms with Gasteiger partial charge in [-0.05, 0) is 44.2 Å². The molecule has 0 fully saturated rings. The summed E-state index contributed by atoms with van der Waals surface area (Å²) in [5.41, 5.74) is 2.57. The van der Waals surface area contributed by atoms with E-state index in [0.29, 0.717) is 27.8 Å². The van der Waals surface area contributed by atoms with Gasteiger partial charge in [0.25, 0.3) is 0 Å². The third-order valence-electron chi connectivity index (χ3n) is 3.53. The molecule has 0 radical (unpaired) electrons. The number of hydrogen-bond donors (Lipinski definition) is 0. The van der Waals surface area contributed by atoms with Crippen LogP contribution in [0.3, 0.4) is 0 Å². The number of carbonyl (C=O) groups excluding carboxylic acids is 1. The van der Waals surface area contributed by atoms with Crippen molar-refractivity contribution in [3.8, 4) is 5.69 Å². The molecule has 0 N–H and O–H groups in total. The van der Waals surface area contributed by atoms with Crippen molar-refractivity contribution in [3.05, 3.63) is 68.7 Å². The van der Waals surface area contributed by atoms with E-state index in [9.17, 15) is 9.18 Å². The van der Waals surface area contributed by atoms with E-state index >= 15 is 0 Å². The number of ether oxygens (including phenoxy) is 1. The fourth-order valence-electron chi connectivity index (χ4n) is 2.27. The molecule has 0 aliphatic heterocycles. The summed E-state index contributed by atoms with van der Waals surface area (Å²) >= 11 is 7.86. The van der Waals surface area contributed by atoms with Crippen LogP contribution < -0.4 is 0 Å². The molecule has 5 nitrogen and oxygen atoms in total. The first-order valence-electron chi connectivity index (χ1n) is 7.71. The lowest BCUT2D eigenvalue weighted by molar-refractivity contribution is -0.139. The van der Waals surface area contributed by atoms with Crippen molar-refractivity contribution < 1.29 is 13.9 Å². The van der Waals surface area contributed by atoms with Gasteiger partial charge in [-0.2, -0.15) is 5.10 Å². The molecule has 0 saturated carbocycles. The summed E-state index contributed by atoms with van der Waals surface area (Å²) in [5.74, 6) is -0.840. The number of benzene rings is 1. The summed E-state index contributed by atoms with van der Waals surface area (Å²) in [7, 11) is 0. The van der Waals surface area contributed by atoms with Crippen LogP contribution in [0.25, 0.3) is 11.8 Å². The van der Waals surface area contributed by atoms with Crippen molar-refractivity contribution in [1.29, 1.82) is 0 Å². The molecule has 0 spiro atoms. The van der Waals surface area contributed by atoms with Crippen LogP contribution in [0, 0.1) is 19.7 Å². The molecule has 3 rings (SSSR count). The van der Waals surface area contributed by atoms with E-state index in [1.54, 1.807) is 25.1 Å². The predicted octanol–water partition coefficient (Wildman–Crippen LogP) is 4.49. The van der Waals surface area contributed by atoms with Gasteiger partial charge in [0.15, 0.2) is 0 Å². The second-order valence-corrected chi connectivity index (χ2v) is 6.90. The van der Waals surface area contributed by atoms with Crippen molar-refractivity contribution in [2.75, 3.05) is 0 Å². The minimum Gasteiger partial charge on any atom is -0.456 e. The van der Waals surface area contributed by atoms with Gasteiger partial charge >= 0.3 is 5.97 Å². The van der Waals surface area contributed by atoms with Crippen LogP contribution in [0.15, 0.2) is 35.7 Å². The second-order valence-electron chi connectivity index (χ2n) is 5.48. The Kier molecular flexibility index (Phi) is 5.49. The van der Waals surface area contributed by atoms with E-state index < -0.39 is 5.97 Å². The van der Waals surface area contributed by atoms with Crippen LogP contribution in [0.4, 0.5) is 4.39 Å². The van der Waals surface area contributed by atoms with Crippen molar-refractivity contribution in [1.82, 2.24) is 14.8 Å².